The molecule has 8 heteroatoms. The van der Waals surface area contributed by atoms with Crippen LogP contribution in [0, 0.1) is 0 Å². The normalized spacial score (nSPS) is 10.5. The number of benzene rings is 1. The molecule has 3 rings (SSSR count). The van der Waals surface area contributed by atoms with Crippen molar-refractivity contribution in [3.63, 3.8) is 0 Å². The number of nitrogens with one attached hydrogen (secondary N) is 1. The van der Waals surface area contributed by atoms with Crippen LogP contribution in [0.15, 0.2) is 47.5 Å². The third-order valence-corrected chi connectivity index (χ3v) is 4.60. The number of para-hydroxylation sites is 2. The van der Waals surface area contributed by atoms with Gasteiger partial charge in [0.15, 0.2) is 4.34 Å². The SMILES string of the molecule is C=CCSc1nnc(NC(=O)c2cnc3ccccc3n2)s1. The Morgan fingerprint density at radius 2 is 2.14 bits per heavy atom. The number of aromatic nitrogens is 4. The van der Waals surface area contributed by atoms with Crippen LogP contribution in [0.25, 0.3) is 11.0 Å². The highest BCUT2D eigenvalue weighted by molar-refractivity contribution is 8.01. The largest absolute Gasteiger partial charge is 0.295 e. The fourth-order valence-electron chi connectivity index (χ4n) is 1.68. The van der Waals surface area contributed by atoms with Crippen LogP contribution in [0.5, 0.6) is 0 Å². The van der Waals surface area contributed by atoms with E-state index in [0.717, 1.165) is 15.6 Å². The second-order valence-electron chi connectivity index (χ2n) is 4.17. The van der Waals surface area contributed by atoms with E-state index in [-0.39, 0.29) is 11.6 Å². The minimum atomic E-state index is -0.352. The lowest BCUT2D eigenvalue weighted by Crippen LogP contribution is -2.14. The van der Waals surface area contributed by atoms with E-state index in [4.69, 9.17) is 0 Å². The Bertz CT molecular complexity index is 833. The average Bonchev–Trinajstić information content (AvgIpc) is 2.99. The van der Waals surface area contributed by atoms with Crippen molar-refractivity contribution in [2.45, 2.75) is 4.34 Å². The summed E-state index contributed by atoms with van der Waals surface area (Å²) in [7, 11) is 0. The summed E-state index contributed by atoms with van der Waals surface area (Å²) in [4.78, 5) is 20.7. The zero-order valence-corrected chi connectivity index (χ0v) is 13.0. The topological polar surface area (TPSA) is 80.7 Å². The molecule has 0 fully saturated rings. The molecule has 0 radical (unpaired) electrons. The lowest BCUT2D eigenvalue weighted by molar-refractivity contribution is 0.102. The molecule has 1 N–H and O–H groups in total. The summed E-state index contributed by atoms with van der Waals surface area (Å²) in [6.45, 7) is 3.65. The Morgan fingerprint density at radius 3 is 2.95 bits per heavy atom. The summed E-state index contributed by atoms with van der Waals surface area (Å²) in [5, 5.41) is 11.0. The van der Waals surface area contributed by atoms with Gasteiger partial charge in [-0.05, 0) is 12.1 Å². The van der Waals surface area contributed by atoms with Crippen LogP contribution in [0.4, 0.5) is 5.13 Å². The molecule has 0 aliphatic carbocycles. The van der Waals surface area contributed by atoms with Crippen LogP contribution in [0.2, 0.25) is 0 Å². The minimum absolute atomic E-state index is 0.245. The number of anilines is 1. The van der Waals surface area contributed by atoms with Crippen LogP contribution in [-0.4, -0.2) is 31.8 Å². The molecule has 0 atom stereocenters. The first kappa shape index (κ1) is 14.6. The fourth-order valence-corrected chi connectivity index (χ4v) is 3.18. The highest BCUT2D eigenvalue weighted by atomic mass is 32.2. The lowest BCUT2D eigenvalue weighted by Gasteiger charge is -2.01. The fraction of sp³-hybridized carbons (Fsp3) is 0.0714. The van der Waals surface area contributed by atoms with Crippen molar-refractivity contribution < 1.29 is 4.79 Å². The van der Waals surface area contributed by atoms with E-state index in [1.807, 2.05) is 24.3 Å². The number of rotatable bonds is 5. The number of thioether (sulfide) groups is 1. The first-order valence-electron chi connectivity index (χ1n) is 6.36. The first-order chi connectivity index (χ1) is 10.8. The Hall–Kier alpha value is -2.32. The van der Waals surface area contributed by atoms with Crippen molar-refractivity contribution >= 4 is 45.2 Å². The number of fused-ring (bicyclic) bond motifs is 1. The lowest BCUT2D eigenvalue weighted by atomic mass is 10.3. The number of carbonyl (C=O) groups is 1. The number of amides is 1. The molecule has 0 bridgehead atoms. The molecule has 3 aromatic rings. The van der Waals surface area contributed by atoms with Gasteiger partial charge >= 0.3 is 0 Å². The third-order valence-electron chi connectivity index (χ3n) is 2.63. The van der Waals surface area contributed by atoms with E-state index in [2.05, 4.69) is 32.1 Å². The van der Waals surface area contributed by atoms with Gasteiger partial charge in [-0.3, -0.25) is 15.1 Å². The zero-order chi connectivity index (χ0) is 15.4. The smallest absolute Gasteiger partial charge is 0.277 e. The van der Waals surface area contributed by atoms with Crippen molar-refractivity contribution in [3.05, 3.63) is 48.8 Å². The monoisotopic (exact) mass is 329 g/mol. The summed E-state index contributed by atoms with van der Waals surface area (Å²) in [5.74, 6) is 0.397. The van der Waals surface area contributed by atoms with Crippen LogP contribution in [0.3, 0.4) is 0 Å². The van der Waals surface area contributed by atoms with Gasteiger partial charge in [-0.25, -0.2) is 4.98 Å². The first-order valence-corrected chi connectivity index (χ1v) is 8.17. The van der Waals surface area contributed by atoms with Gasteiger partial charge in [-0.15, -0.1) is 16.8 Å². The van der Waals surface area contributed by atoms with Crippen molar-refractivity contribution in [1.29, 1.82) is 0 Å². The predicted octanol–water partition coefficient (Wildman–Crippen LogP) is 3.01. The Balaban J connectivity index is 1.75. The standard InChI is InChI=1S/C14H11N5OS2/c1-2-7-21-14-19-18-13(22-14)17-12(20)11-8-15-9-5-3-4-6-10(9)16-11/h2-6,8H,1,7H2,(H,17,18,20). The van der Waals surface area contributed by atoms with E-state index >= 15 is 0 Å². The number of hydrogen-bond acceptors (Lipinski definition) is 7. The molecule has 2 aromatic heterocycles. The molecular weight excluding hydrogens is 318 g/mol. The highest BCUT2D eigenvalue weighted by Gasteiger charge is 2.12. The van der Waals surface area contributed by atoms with Crippen molar-refractivity contribution in [3.8, 4) is 0 Å². The van der Waals surface area contributed by atoms with Gasteiger partial charge in [0.05, 0.1) is 17.2 Å². The molecule has 2 heterocycles. The molecule has 0 saturated heterocycles. The maximum Gasteiger partial charge on any atom is 0.277 e. The Kier molecular flexibility index (Phi) is 4.40. The molecule has 0 aliphatic heterocycles. The summed E-state index contributed by atoms with van der Waals surface area (Å²) >= 11 is 2.83. The molecule has 0 aliphatic rings. The number of hydrogen-bond donors (Lipinski definition) is 1. The molecule has 1 amide bonds. The van der Waals surface area contributed by atoms with E-state index in [1.165, 1.54) is 29.3 Å². The highest BCUT2D eigenvalue weighted by Crippen LogP contribution is 2.25. The summed E-state index contributed by atoms with van der Waals surface area (Å²) in [6, 6.07) is 7.39. The zero-order valence-electron chi connectivity index (χ0n) is 11.4. The van der Waals surface area contributed by atoms with Crippen LogP contribution < -0.4 is 5.32 Å². The van der Waals surface area contributed by atoms with Gasteiger partial charge in [0, 0.05) is 5.75 Å². The molecule has 0 spiro atoms. The van der Waals surface area contributed by atoms with Gasteiger partial charge in [0.25, 0.3) is 5.91 Å². The maximum atomic E-state index is 12.2. The molecule has 0 saturated carbocycles. The molecule has 22 heavy (non-hydrogen) atoms. The van der Waals surface area contributed by atoms with Gasteiger partial charge in [-0.1, -0.05) is 41.3 Å². The van der Waals surface area contributed by atoms with Crippen LogP contribution in [-0.2, 0) is 0 Å². The predicted molar refractivity (Wildman–Crippen MR) is 88.3 cm³/mol. The van der Waals surface area contributed by atoms with Crippen molar-refractivity contribution in [1.82, 2.24) is 20.2 Å². The van der Waals surface area contributed by atoms with Crippen LogP contribution >= 0.6 is 23.1 Å². The maximum absolute atomic E-state index is 12.2. The second-order valence-corrected chi connectivity index (χ2v) is 6.42. The van der Waals surface area contributed by atoms with E-state index in [0.29, 0.717) is 10.6 Å². The minimum Gasteiger partial charge on any atom is -0.295 e. The average molecular weight is 329 g/mol. The van der Waals surface area contributed by atoms with Gasteiger partial charge in [0.2, 0.25) is 5.13 Å². The quantitative estimate of drug-likeness (QED) is 0.440. The Morgan fingerprint density at radius 1 is 1.32 bits per heavy atom. The molecule has 0 unspecified atom stereocenters. The van der Waals surface area contributed by atoms with Crippen molar-refractivity contribution in [2.24, 2.45) is 0 Å². The Labute approximate surface area is 134 Å². The summed E-state index contributed by atoms with van der Waals surface area (Å²) in [6.07, 6.45) is 3.24. The van der Waals surface area contributed by atoms with Gasteiger partial charge < -0.3 is 0 Å². The summed E-state index contributed by atoms with van der Waals surface area (Å²) < 4.78 is 0.778. The summed E-state index contributed by atoms with van der Waals surface area (Å²) in [5.41, 5.74) is 1.67. The second kappa shape index (κ2) is 6.63. The van der Waals surface area contributed by atoms with E-state index in [1.54, 1.807) is 6.08 Å². The third kappa shape index (κ3) is 3.29. The molecular formula is C14H11N5OS2. The van der Waals surface area contributed by atoms with Gasteiger partial charge in [0.1, 0.15) is 5.69 Å². The van der Waals surface area contributed by atoms with Crippen molar-refractivity contribution in [2.75, 3.05) is 11.1 Å². The van der Waals surface area contributed by atoms with Gasteiger partial charge in [-0.2, -0.15) is 0 Å². The number of carbonyl (C=O) groups excluding carboxylic acids is 1. The number of nitrogens with zero attached hydrogens (tertiary/aromatic N) is 4. The molecule has 1 aromatic carbocycles. The van der Waals surface area contributed by atoms with Crippen LogP contribution in [0.1, 0.15) is 10.5 Å². The molecule has 110 valence electrons. The van der Waals surface area contributed by atoms with E-state index in [9.17, 15) is 4.79 Å². The van der Waals surface area contributed by atoms with E-state index < -0.39 is 0 Å². The molecule has 6 nitrogen and oxygen atoms in total.